The summed E-state index contributed by atoms with van der Waals surface area (Å²) in [6.45, 7) is 7.15. The van der Waals surface area contributed by atoms with Crippen LogP contribution in [0.3, 0.4) is 0 Å². The fourth-order valence-electron chi connectivity index (χ4n) is 3.41. The number of carbonyl (C=O) groups is 1. The first kappa shape index (κ1) is 17.5. The molecule has 3 aromatic rings. The lowest BCUT2D eigenvalue weighted by Gasteiger charge is -2.30. The highest BCUT2D eigenvalue weighted by molar-refractivity contribution is 6.04. The third-order valence-electron chi connectivity index (χ3n) is 5.19. The van der Waals surface area contributed by atoms with Gasteiger partial charge >= 0.3 is 0 Å². The average molecular weight is 364 g/mol. The van der Waals surface area contributed by atoms with Crippen molar-refractivity contribution in [3.63, 3.8) is 0 Å². The molecule has 1 aliphatic rings. The van der Waals surface area contributed by atoms with Gasteiger partial charge in [0, 0.05) is 37.7 Å². The van der Waals surface area contributed by atoms with Gasteiger partial charge in [0.1, 0.15) is 0 Å². The van der Waals surface area contributed by atoms with E-state index in [0.29, 0.717) is 17.2 Å². The Bertz CT molecular complexity index is 941. The summed E-state index contributed by atoms with van der Waals surface area (Å²) in [5.74, 6) is 1.24. The molecule has 7 nitrogen and oxygen atoms in total. The molecular formula is C20H24N6O. The fourth-order valence-corrected chi connectivity index (χ4v) is 3.41. The van der Waals surface area contributed by atoms with Gasteiger partial charge in [0.05, 0.1) is 22.9 Å². The first-order chi connectivity index (χ1) is 13.1. The number of aryl methyl sites for hydroxylation is 1. The van der Waals surface area contributed by atoms with Crippen LogP contribution >= 0.6 is 0 Å². The molecule has 27 heavy (non-hydrogen) atoms. The maximum atomic E-state index is 12.5. The molecule has 140 valence electrons. The van der Waals surface area contributed by atoms with Gasteiger partial charge in [-0.25, -0.2) is 15.0 Å². The number of aromatic nitrogens is 4. The summed E-state index contributed by atoms with van der Waals surface area (Å²) < 4.78 is 2.06. The van der Waals surface area contributed by atoms with Crippen molar-refractivity contribution >= 4 is 28.6 Å². The first-order valence-electron chi connectivity index (χ1n) is 9.47. The normalized spacial score (nSPS) is 15.3. The SMILES string of the molecule is CCn1cnc2cc(NC(=O)c3cnc(N4CCC(C)CC4)nc3)ccc21. The minimum absolute atomic E-state index is 0.219. The Kier molecular flexibility index (Phi) is 4.75. The molecule has 0 unspecified atom stereocenters. The van der Waals surface area contributed by atoms with E-state index in [1.165, 1.54) is 0 Å². The van der Waals surface area contributed by atoms with E-state index >= 15 is 0 Å². The van der Waals surface area contributed by atoms with E-state index in [1.807, 2.05) is 24.5 Å². The quantitative estimate of drug-likeness (QED) is 0.768. The number of nitrogens with one attached hydrogen (secondary N) is 1. The van der Waals surface area contributed by atoms with Crippen molar-refractivity contribution in [2.75, 3.05) is 23.3 Å². The molecule has 0 bridgehead atoms. The van der Waals surface area contributed by atoms with Crippen molar-refractivity contribution in [3.05, 3.63) is 42.5 Å². The van der Waals surface area contributed by atoms with Crippen LogP contribution in [0.4, 0.5) is 11.6 Å². The van der Waals surface area contributed by atoms with E-state index in [1.54, 1.807) is 12.4 Å². The van der Waals surface area contributed by atoms with Gasteiger partial charge in [0.25, 0.3) is 5.91 Å². The molecule has 1 fully saturated rings. The van der Waals surface area contributed by atoms with Gasteiger partial charge in [-0.3, -0.25) is 4.79 Å². The Morgan fingerprint density at radius 2 is 1.93 bits per heavy atom. The number of fused-ring (bicyclic) bond motifs is 1. The Labute approximate surface area is 158 Å². The maximum Gasteiger partial charge on any atom is 0.258 e. The van der Waals surface area contributed by atoms with E-state index in [9.17, 15) is 4.79 Å². The van der Waals surface area contributed by atoms with Gasteiger partial charge in [0.15, 0.2) is 0 Å². The number of carbonyl (C=O) groups excluding carboxylic acids is 1. The summed E-state index contributed by atoms with van der Waals surface area (Å²) in [4.78, 5) is 27.9. The molecule has 1 N–H and O–H groups in total. The van der Waals surface area contributed by atoms with E-state index in [-0.39, 0.29) is 5.91 Å². The van der Waals surface area contributed by atoms with Crippen molar-refractivity contribution in [1.82, 2.24) is 19.5 Å². The van der Waals surface area contributed by atoms with Crippen molar-refractivity contribution in [3.8, 4) is 0 Å². The lowest BCUT2D eigenvalue weighted by Crippen LogP contribution is -2.34. The predicted octanol–water partition coefficient (Wildman–Crippen LogP) is 3.33. The van der Waals surface area contributed by atoms with E-state index in [0.717, 1.165) is 49.4 Å². The second kappa shape index (κ2) is 7.34. The lowest BCUT2D eigenvalue weighted by atomic mass is 10.00. The summed E-state index contributed by atoms with van der Waals surface area (Å²) in [6.07, 6.45) is 7.31. The molecule has 0 saturated carbocycles. The van der Waals surface area contributed by atoms with Crippen molar-refractivity contribution in [2.24, 2.45) is 5.92 Å². The van der Waals surface area contributed by atoms with E-state index < -0.39 is 0 Å². The first-order valence-corrected chi connectivity index (χ1v) is 9.47. The third kappa shape index (κ3) is 3.63. The van der Waals surface area contributed by atoms with Gasteiger partial charge in [-0.15, -0.1) is 0 Å². The van der Waals surface area contributed by atoms with Crippen LogP contribution < -0.4 is 10.2 Å². The van der Waals surface area contributed by atoms with Crippen LogP contribution in [0.15, 0.2) is 36.9 Å². The zero-order chi connectivity index (χ0) is 18.8. The minimum atomic E-state index is -0.219. The zero-order valence-electron chi connectivity index (χ0n) is 15.7. The van der Waals surface area contributed by atoms with Crippen molar-refractivity contribution in [1.29, 1.82) is 0 Å². The Balaban J connectivity index is 1.45. The second-order valence-electron chi connectivity index (χ2n) is 7.13. The zero-order valence-corrected chi connectivity index (χ0v) is 15.7. The van der Waals surface area contributed by atoms with Gasteiger partial charge in [-0.1, -0.05) is 6.92 Å². The van der Waals surface area contributed by atoms with Crippen LogP contribution in [0.5, 0.6) is 0 Å². The number of piperidine rings is 1. The molecule has 2 aromatic heterocycles. The van der Waals surface area contributed by atoms with Crippen LogP contribution in [0, 0.1) is 5.92 Å². The highest BCUT2D eigenvalue weighted by Crippen LogP contribution is 2.21. The van der Waals surface area contributed by atoms with Crippen molar-refractivity contribution in [2.45, 2.75) is 33.2 Å². The summed E-state index contributed by atoms with van der Waals surface area (Å²) in [6, 6.07) is 5.74. The minimum Gasteiger partial charge on any atom is -0.341 e. The van der Waals surface area contributed by atoms with Crippen LogP contribution in [0.1, 0.15) is 37.0 Å². The van der Waals surface area contributed by atoms with Gasteiger partial charge in [0.2, 0.25) is 5.95 Å². The molecule has 4 rings (SSSR count). The average Bonchev–Trinajstić information content (AvgIpc) is 3.11. The third-order valence-corrected chi connectivity index (χ3v) is 5.19. The number of anilines is 2. The monoisotopic (exact) mass is 364 g/mol. The molecule has 7 heteroatoms. The molecule has 1 saturated heterocycles. The highest BCUT2D eigenvalue weighted by Gasteiger charge is 2.18. The second-order valence-corrected chi connectivity index (χ2v) is 7.13. The Hall–Kier alpha value is -2.96. The van der Waals surface area contributed by atoms with Crippen LogP contribution in [0.25, 0.3) is 11.0 Å². The summed E-state index contributed by atoms with van der Waals surface area (Å²) >= 11 is 0. The van der Waals surface area contributed by atoms with Gasteiger partial charge in [-0.05, 0) is 43.9 Å². The molecule has 1 aliphatic heterocycles. The van der Waals surface area contributed by atoms with Gasteiger partial charge in [-0.2, -0.15) is 0 Å². The number of benzene rings is 1. The summed E-state index contributed by atoms with van der Waals surface area (Å²) in [5, 5.41) is 2.90. The molecule has 0 aliphatic carbocycles. The van der Waals surface area contributed by atoms with Crippen LogP contribution in [0.2, 0.25) is 0 Å². The number of hydrogen-bond donors (Lipinski definition) is 1. The number of nitrogens with zero attached hydrogens (tertiary/aromatic N) is 5. The largest absolute Gasteiger partial charge is 0.341 e. The van der Waals surface area contributed by atoms with Crippen LogP contribution in [-0.4, -0.2) is 38.5 Å². The topological polar surface area (TPSA) is 75.9 Å². The fraction of sp³-hybridized carbons (Fsp3) is 0.400. The van der Waals surface area contributed by atoms with E-state index in [2.05, 4.69) is 43.6 Å². The molecule has 1 aromatic carbocycles. The Morgan fingerprint density at radius 1 is 1.19 bits per heavy atom. The molecule has 0 radical (unpaired) electrons. The highest BCUT2D eigenvalue weighted by atomic mass is 16.1. The van der Waals surface area contributed by atoms with Gasteiger partial charge < -0.3 is 14.8 Å². The van der Waals surface area contributed by atoms with Crippen LogP contribution in [-0.2, 0) is 6.54 Å². The summed E-state index contributed by atoms with van der Waals surface area (Å²) in [7, 11) is 0. The smallest absolute Gasteiger partial charge is 0.258 e. The molecule has 0 atom stereocenters. The summed E-state index contributed by atoms with van der Waals surface area (Å²) in [5.41, 5.74) is 3.07. The molecular weight excluding hydrogens is 340 g/mol. The Morgan fingerprint density at radius 3 is 2.63 bits per heavy atom. The number of amides is 1. The maximum absolute atomic E-state index is 12.5. The standard InChI is InChI=1S/C20H24N6O/c1-3-25-13-23-17-10-16(4-5-18(17)25)24-19(27)15-11-21-20(22-12-15)26-8-6-14(2)7-9-26/h4-5,10-14H,3,6-9H2,1-2H3,(H,24,27). The number of imidazole rings is 1. The van der Waals surface area contributed by atoms with E-state index in [4.69, 9.17) is 0 Å². The molecule has 1 amide bonds. The van der Waals surface area contributed by atoms with Crippen molar-refractivity contribution < 1.29 is 4.79 Å². The number of hydrogen-bond acceptors (Lipinski definition) is 5. The number of rotatable bonds is 4. The molecule has 3 heterocycles. The predicted molar refractivity (Wildman–Crippen MR) is 106 cm³/mol. The lowest BCUT2D eigenvalue weighted by molar-refractivity contribution is 0.102. The molecule has 0 spiro atoms.